The first kappa shape index (κ1) is 16.2. The fourth-order valence-corrected chi connectivity index (χ4v) is 2.94. The molecule has 3 rings (SSSR count). The number of nitrogens with one attached hydrogen (secondary N) is 1. The molecule has 1 fully saturated rings. The van der Waals surface area contributed by atoms with Crippen LogP contribution in [0.15, 0.2) is 39.4 Å². The average Bonchev–Trinajstić information content (AvgIpc) is 3.22. The van der Waals surface area contributed by atoms with Crippen molar-refractivity contribution in [2.75, 3.05) is 13.2 Å². The molecule has 0 unspecified atom stereocenters. The van der Waals surface area contributed by atoms with Crippen molar-refractivity contribution in [2.45, 2.75) is 31.8 Å². The number of nitrogens with zero attached hydrogens (tertiary/aromatic N) is 1. The number of carbonyl (C=O) groups excluding carboxylic acids is 1. The number of hydrogen-bond donors (Lipinski definition) is 1. The minimum Gasteiger partial charge on any atom is -0.441 e. The van der Waals surface area contributed by atoms with Crippen molar-refractivity contribution in [1.82, 2.24) is 10.3 Å². The van der Waals surface area contributed by atoms with Gasteiger partial charge in [0, 0.05) is 36.0 Å². The molecule has 1 aromatic heterocycles. The molecule has 1 atom stereocenters. The molecule has 0 aliphatic carbocycles. The highest BCUT2D eigenvalue weighted by atomic mass is 79.9. The van der Waals surface area contributed by atoms with Crippen molar-refractivity contribution in [3.8, 4) is 11.3 Å². The van der Waals surface area contributed by atoms with Gasteiger partial charge in [-0.2, -0.15) is 0 Å². The largest absolute Gasteiger partial charge is 0.441 e. The predicted octanol–water partition coefficient (Wildman–Crippen LogP) is 3.33. The van der Waals surface area contributed by atoms with Gasteiger partial charge in [-0.15, -0.1) is 0 Å². The molecule has 23 heavy (non-hydrogen) atoms. The molecule has 1 saturated heterocycles. The second-order valence-electron chi connectivity index (χ2n) is 5.57. The van der Waals surface area contributed by atoms with E-state index in [-0.39, 0.29) is 12.0 Å². The number of halogens is 1. The molecule has 1 aromatic carbocycles. The van der Waals surface area contributed by atoms with Crippen molar-refractivity contribution >= 4 is 21.8 Å². The smallest absolute Gasteiger partial charge is 0.220 e. The van der Waals surface area contributed by atoms with E-state index in [0.29, 0.717) is 31.0 Å². The Labute approximate surface area is 143 Å². The van der Waals surface area contributed by atoms with Crippen LogP contribution < -0.4 is 5.32 Å². The highest BCUT2D eigenvalue weighted by molar-refractivity contribution is 9.10. The fraction of sp³-hybridized carbons (Fsp3) is 0.412. The number of rotatable bonds is 6. The van der Waals surface area contributed by atoms with Gasteiger partial charge in [-0.3, -0.25) is 4.79 Å². The highest BCUT2D eigenvalue weighted by Crippen LogP contribution is 2.24. The quantitative estimate of drug-likeness (QED) is 0.836. The molecule has 5 nitrogen and oxygen atoms in total. The fourth-order valence-electron chi connectivity index (χ4n) is 2.54. The minimum atomic E-state index is 0.00251. The molecule has 122 valence electrons. The molecule has 0 saturated carbocycles. The van der Waals surface area contributed by atoms with Gasteiger partial charge in [0.25, 0.3) is 0 Å². The first-order valence-electron chi connectivity index (χ1n) is 7.79. The molecule has 1 aliphatic rings. The molecule has 1 amide bonds. The van der Waals surface area contributed by atoms with E-state index in [1.807, 2.05) is 24.3 Å². The molecular weight excluding hydrogens is 360 g/mol. The Morgan fingerprint density at radius 3 is 3.13 bits per heavy atom. The van der Waals surface area contributed by atoms with E-state index in [0.717, 1.165) is 29.5 Å². The van der Waals surface area contributed by atoms with Gasteiger partial charge in [-0.05, 0) is 25.0 Å². The number of amides is 1. The van der Waals surface area contributed by atoms with Crippen LogP contribution in [0.1, 0.15) is 25.2 Å². The molecule has 1 N–H and O–H groups in total. The number of aromatic nitrogens is 1. The van der Waals surface area contributed by atoms with Crippen LogP contribution in [0, 0.1) is 0 Å². The van der Waals surface area contributed by atoms with Crippen LogP contribution >= 0.6 is 15.9 Å². The molecule has 0 radical (unpaired) electrons. The van der Waals surface area contributed by atoms with Crippen LogP contribution in [-0.2, 0) is 16.0 Å². The second kappa shape index (κ2) is 7.75. The van der Waals surface area contributed by atoms with E-state index in [1.165, 1.54) is 0 Å². The second-order valence-corrected chi connectivity index (χ2v) is 6.48. The summed E-state index contributed by atoms with van der Waals surface area (Å²) < 4.78 is 12.2. The maximum absolute atomic E-state index is 11.9. The van der Waals surface area contributed by atoms with Crippen LogP contribution in [0.3, 0.4) is 0 Å². The molecule has 2 aromatic rings. The van der Waals surface area contributed by atoms with Gasteiger partial charge >= 0.3 is 0 Å². The summed E-state index contributed by atoms with van der Waals surface area (Å²) in [6.07, 6.45) is 4.83. The zero-order valence-corrected chi connectivity index (χ0v) is 14.3. The van der Waals surface area contributed by atoms with Crippen LogP contribution in [0.4, 0.5) is 0 Å². The number of oxazole rings is 1. The zero-order chi connectivity index (χ0) is 16.1. The van der Waals surface area contributed by atoms with Gasteiger partial charge in [-0.25, -0.2) is 4.98 Å². The molecule has 2 heterocycles. The van der Waals surface area contributed by atoms with Crippen molar-refractivity contribution in [3.63, 3.8) is 0 Å². The van der Waals surface area contributed by atoms with E-state index in [1.54, 1.807) is 6.20 Å². The third-order valence-electron chi connectivity index (χ3n) is 3.78. The summed E-state index contributed by atoms with van der Waals surface area (Å²) in [5, 5.41) is 2.90. The lowest BCUT2D eigenvalue weighted by Crippen LogP contribution is -2.31. The monoisotopic (exact) mass is 378 g/mol. The number of ether oxygens (including phenoxy) is 1. The molecule has 0 bridgehead atoms. The summed E-state index contributed by atoms with van der Waals surface area (Å²) >= 11 is 3.44. The molecular formula is C17H19BrN2O3. The van der Waals surface area contributed by atoms with E-state index in [2.05, 4.69) is 26.2 Å². The number of benzene rings is 1. The van der Waals surface area contributed by atoms with E-state index in [9.17, 15) is 4.79 Å². The van der Waals surface area contributed by atoms with Crippen LogP contribution in [0.5, 0.6) is 0 Å². The molecule has 6 heteroatoms. The molecule has 1 aliphatic heterocycles. The highest BCUT2D eigenvalue weighted by Gasteiger charge is 2.16. The maximum Gasteiger partial charge on any atom is 0.220 e. The summed E-state index contributed by atoms with van der Waals surface area (Å²) in [5.41, 5.74) is 0.959. The Balaban J connectivity index is 1.48. The van der Waals surface area contributed by atoms with Gasteiger partial charge in [0.2, 0.25) is 5.91 Å². The van der Waals surface area contributed by atoms with Crippen LogP contribution in [-0.4, -0.2) is 30.1 Å². The lowest BCUT2D eigenvalue weighted by atomic mass is 10.2. The third-order valence-corrected chi connectivity index (χ3v) is 4.27. The lowest BCUT2D eigenvalue weighted by Gasteiger charge is -2.10. The summed E-state index contributed by atoms with van der Waals surface area (Å²) in [6.45, 7) is 1.39. The van der Waals surface area contributed by atoms with Crippen LogP contribution in [0.25, 0.3) is 11.3 Å². The predicted molar refractivity (Wildman–Crippen MR) is 89.9 cm³/mol. The van der Waals surface area contributed by atoms with E-state index >= 15 is 0 Å². The number of hydrogen-bond acceptors (Lipinski definition) is 4. The zero-order valence-electron chi connectivity index (χ0n) is 12.8. The van der Waals surface area contributed by atoms with Crippen molar-refractivity contribution in [1.29, 1.82) is 0 Å². The minimum absolute atomic E-state index is 0.00251. The van der Waals surface area contributed by atoms with Crippen LogP contribution in [0.2, 0.25) is 0 Å². The van der Waals surface area contributed by atoms with Gasteiger partial charge in [-0.1, -0.05) is 28.1 Å². The first-order valence-corrected chi connectivity index (χ1v) is 8.59. The Hall–Kier alpha value is -1.66. The summed E-state index contributed by atoms with van der Waals surface area (Å²) in [6, 6.07) is 7.83. The summed E-state index contributed by atoms with van der Waals surface area (Å²) in [5.74, 6) is 1.29. The van der Waals surface area contributed by atoms with Gasteiger partial charge in [0.15, 0.2) is 11.7 Å². The third kappa shape index (κ3) is 4.65. The van der Waals surface area contributed by atoms with Gasteiger partial charge in [0.05, 0.1) is 12.3 Å². The lowest BCUT2D eigenvalue weighted by molar-refractivity contribution is -0.121. The Kier molecular flexibility index (Phi) is 5.46. The SMILES string of the molecule is O=C(CCc1ncc(-c2cccc(Br)c2)o1)NC[C@@H]1CCCO1. The van der Waals surface area contributed by atoms with Crippen molar-refractivity contribution in [2.24, 2.45) is 0 Å². The Bertz CT molecular complexity index is 665. The number of aryl methyl sites for hydroxylation is 1. The Morgan fingerprint density at radius 1 is 1.43 bits per heavy atom. The Morgan fingerprint density at radius 2 is 2.35 bits per heavy atom. The summed E-state index contributed by atoms with van der Waals surface area (Å²) in [4.78, 5) is 16.1. The summed E-state index contributed by atoms with van der Waals surface area (Å²) in [7, 11) is 0. The standard InChI is InChI=1S/C17H19BrN2O3/c18-13-4-1-3-12(9-13)15-11-20-17(23-15)7-6-16(21)19-10-14-5-2-8-22-14/h1,3-4,9,11,14H,2,5-8,10H2,(H,19,21)/t14-/m0/s1. The van der Waals surface area contributed by atoms with Crippen molar-refractivity contribution in [3.05, 3.63) is 40.8 Å². The first-order chi connectivity index (χ1) is 11.2. The van der Waals surface area contributed by atoms with Gasteiger partial charge < -0.3 is 14.5 Å². The van der Waals surface area contributed by atoms with E-state index in [4.69, 9.17) is 9.15 Å². The number of carbonyl (C=O) groups is 1. The topological polar surface area (TPSA) is 64.4 Å². The average molecular weight is 379 g/mol. The van der Waals surface area contributed by atoms with Gasteiger partial charge in [0.1, 0.15) is 0 Å². The molecule has 0 spiro atoms. The normalized spacial score (nSPS) is 17.3. The van der Waals surface area contributed by atoms with E-state index < -0.39 is 0 Å². The van der Waals surface area contributed by atoms with Crippen molar-refractivity contribution < 1.29 is 13.9 Å². The maximum atomic E-state index is 11.9.